The summed E-state index contributed by atoms with van der Waals surface area (Å²) in [5, 5.41) is 2.42. The molecule has 0 saturated carbocycles. The molecule has 1 aliphatic rings. The lowest BCUT2D eigenvalue weighted by atomic mass is 10.2. The first-order valence-electron chi connectivity index (χ1n) is 3.79. The van der Waals surface area contributed by atoms with Gasteiger partial charge in [-0.1, -0.05) is 43.2 Å². The molecule has 0 saturated heterocycles. The predicted octanol–water partition coefficient (Wildman–Crippen LogP) is 0.879. The highest BCUT2D eigenvalue weighted by atomic mass is 32.1. The van der Waals surface area contributed by atoms with Crippen molar-refractivity contribution in [2.24, 2.45) is 0 Å². The fourth-order valence-corrected chi connectivity index (χ4v) is 1.40. The van der Waals surface area contributed by atoms with Crippen LogP contribution in [0.15, 0.2) is 36.5 Å². The first-order valence-corrected chi connectivity index (χ1v) is 4.19. The van der Waals surface area contributed by atoms with Gasteiger partial charge in [0.1, 0.15) is 0 Å². The summed E-state index contributed by atoms with van der Waals surface area (Å²) >= 11 is 4.23. The van der Waals surface area contributed by atoms with Gasteiger partial charge in [0.2, 0.25) is 0 Å². The van der Waals surface area contributed by atoms with Gasteiger partial charge < -0.3 is 4.31 Å². The van der Waals surface area contributed by atoms with E-state index in [0.29, 0.717) is 0 Å². The minimum Gasteiger partial charge on any atom is -0.301 e. The molecule has 0 amide bonds. The maximum Gasteiger partial charge on any atom is 0.0232 e. The van der Waals surface area contributed by atoms with Gasteiger partial charge in [-0.15, -0.1) is 0 Å². The van der Waals surface area contributed by atoms with Crippen LogP contribution in [0.5, 0.6) is 0 Å². The monoisotopic (exact) mass is 175 g/mol. The van der Waals surface area contributed by atoms with Gasteiger partial charge in [0.15, 0.2) is 0 Å². The lowest BCUT2D eigenvalue weighted by molar-refractivity contribution is 0.938. The molecule has 1 aromatic rings. The van der Waals surface area contributed by atoms with E-state index in [1.807, 2.05) is 30.6 Å². The molecule has 1 nitrogen and oxygen atoms in total. The SMILES string of the molecule is SN1C=CC=c2ccccc2=C1. The summed E-state index contributed by atoms with van der Waals surface area (Å²) in [5.74, 6) is 0. The zero-order chi connectivity index (χ0) is 8.39. The molecule has 2 rings (SSSR count). The third kappa shape index (κ3) is 1.38. The molecule has 60 valence electrons. The van der Waals surface area contributed by atoms with Crippen molar-refractivity contribution in [3.63, 3.8) is 0 Å². The first kappa shape index (κ1) is 7.50. The number of benzene rings is 1. The summed E-state index contributed by atoms with van der Waals surface area (Å²) in [6, 6.07) is 8.21. The second-order valence-electron chi connectivity index (χ2n) is 2.65. The zero-order valence-corrected chi connectivity index (χ0v) is 7.41. The number of thiol groups is 1. The van der Waals surface area contributed by atoms with Crippen LogP contribution in [0, 0.1) is 0 Å². The van der Waals surface area contributed by atoms with Gasteiger partial charge in [-0.25, -0.2) is 0 Å². The molecule has 0 unspecified atom stereocenters. The minimum atomic E-state index is 1.19. The highest BCUT2D eigenvalue weighted by Gasteiger charge is 1.89. The van der Waals surface area contributed by atoms with Crippen LogP contribution in [-0.2, 0) is 0 Å². The van der Waals surface area contributed by atoms with Crippen molar-refractivity contribution in [3.05, 3.63) is 47.0 Å². The Kier molecular flexibility index (Phi) is 1.92. The second-order valence-corrected chi connectivity index (χ2v) is 3.11. The molecule has 0 aromatic heterocycles. The Morgan fingerprint density at radius 2 is 1.83 bits per heavy atom. The van der Waals surface area contributed by atoms with Crippen LogP contribution in [0.2, 0.25) is 0 Å². The third-order valence-corrected chi connectivity index (χ3v) is 2.03. The Morgan fingerprint density at radius 1 is 1.08 bits per heavy atom. The van der Waals surface area contributed by atoms with Gasteiger partial charge in [0.05, 0.1) is 0 Å². The first-order chi connectivity index (χ1) is 5.86. The fraction of sp³-hybridized carbons (Fsp3) is 0. The van der Waals surface area contributed by atoms with E-state index in [4.69, 9.17) is 0 Å². The van der Waals surface area contributed by atoms with Crippen LogP contribution >= 0.6 is 12.8 Å². The lowest BCUT2D eigenvalue weighted by Gasteiger charge is -2.01. The Labute approximate surface area is 76.9 Å². The molecule has 1 aromatic carbocycles. The van der Waals surface area contributed by atoms with Crippen LogP contribution in [0.1, 0.15) is 0 Å². The molecule has 0 fully saturated rings. The van der Waals surface area contributed by atoms with Crippen LogP contribution in [0.3, 0.4) is 0 Å². The highest BCUT2D eigenvalue weighted by Crippen LogP contribution is 1.96. The van der Waals surface area contributed by atoms with E-state index < -0.39 is 0 Å². The molecular weight excluding hydrogens is 166 g/mol. The number of rotatable bonds is 0. The van der Waals surface area contributed by atoms with E-state index in [9.17, 15) is 0 Å². The maximum atomic E-state index is 4.23. The van der Waals surface area contributed by atoms with Crippen LogP contribution in [0.4, 0.5) is 0 Å². The van der Waals surface area contributed by atoms with Gasteiger partial charge in [-0.3, -0.25) is 0 Å². The molecule has 0 atom stereocenters. The van der Waals surface area contributed by atoms with E-state index in [1.54, 1.807) is 4.31 Å². The number of hydrogen-bond donors (Lipinski definition) is 1. The fourth-order valence-electron chi connectivity index (χ4n) is 1.20. The van der Waals surface area contributed by atoms with E-state index in [-0.39, 0.29) is 0 Å². The van der Waals surface area contributed by atoms with Crippen molar-refractivity contribution in [1.82, 2.24) is 4.31 Å². The molecule has 0 aliphatic carbocycles. The number of hydrogen-bond acceptors (Lipinski definition) is 2. The molecule has 0 bridgehead atoms. The summed E-state index contributed by atoms with van der Waals surface area (Å²) in [5.41, 5.74) is 0. The van der Waals surface area contributed by atoms with Crippen molar-refractivity contribution in [2.45, 2.75) is 0 Å². The third-order valence-electron chi connectivity index (χ3n) is 1.78. The Bertz CT molecular complexity index is 420. The van der Waals surface area contributed by atoms with Crippen LogP contribution < -0.4 is 10.4 Å². The van der Waals surface area contributed by atoms with Crippen LogP contribution in [-0.4, -0.2) is 4.31 Å². The molecular formula is C10H9NS. The molecule has 2 heteroatoms. The summed E-state index contributed by atoms with van der Waals surface area (Å²) in [7, 11) is 0. The summed E-state index contributed by atoms with van der Waals surface area (Å²) in [4.78, 5) is 0. The molecule has 12 heavy (non-hydrogen) atoms. The summed E-state index contributed by atoms with van der Waals surface area (Å²) in [6.45, 7) is 0. The van der Waals surface area contributed by atoms with Gasteiger partial charge in [-0.05, 0) is 16.5 Å². The van der Waals surface area contributed by atoms with Crippen molar-refractivity contribution in [1.29, 1.82) is 0 Å². The molecule has 1 aliphatic heterocycles. The Balaban J connectivity index is 2.75. The quantitative estimate of drug-likeness (QED) is 0.573. The zero-order valence-electron chi connectivity index (χ0n) is 6.51. The molecule has 0 spiro atoms. The van der Waals surface area contributed by atoms with Gasteiger partial charge >= 0.3 is 0 Å². The lowest BCUT2D eigenvalue weighted by Crippen LogP contribution is -2.23. The normalized spacial score (nSPS) is 14.2. The molecule has 1 heterocycles. The average Bonchev–Trinajstić information content (AvgIpc) is 2.25. The van der Waals surface area contributed by atoms with E-state index in [2.05, 4.69) is 31.0 Å². The van der Waals surface area contributed by atoms with E-state index in [1.165, 1.54) is 10.4 Å². The van der Waals surface area contributed by atoms with Gasteiger partial charge in [0.25, 0.3) is 0 Å². The van der Waals surface area contributed by atoms with E-state index >= 15 is 0 Å². The standard InChI is InChI=1S/C10H9NS/c12-11-7-3-6-9-4-1-2-5-10(9)8-11/h1-8,12H. The number of allylic oxidation sites excluding steroid dienone is 1. The minimum absolute atomic E-state index is 1.19. The van der Waals surface area contributed by atoms with E-state index in [0.717, 1.165) is 0 Å². The summed E-state index contributed by atoms with van der Waals surface area (Å²) in [6.07, 6.45) is 7.94. The molecule has 0 radical (unpaired) electrons. The van der Waals surface area contributed by atoms with Crippen molar-refractivity contribution in [2.75, 3.05) is 0 Å². The smallest absolute Gasteiger partial charge is 0.0232 e. The van der Waals surface area contributed by atoms with Gasteiger partial charge in [0, 0.05) is 12.4 Å². The van der Waals surface area contributed by atoms with Crippen molar-refractivity contribution < 1.29 is 0 Å². The Morgan fingerprint density at radius 3 is 2.67 bits per heavy atom. The number of nitrogens with zero attached hydrogens (tertiary/aromatic N) is 1. The van der Waals surface area contributed by atoms with Crippen molar-refractivity contribution >= 4 is 25.1 Å². The predicted molar refractivity (Wildman–Crippen MR) is 54.6 cm³/mol. The maximum absolute atomic E-state index is 4.23. The number of fused-ring (bicyclic) bond motifs is 1. The summed E-state index contributed by atoms with van der Waals surface area (Å²) < 4.78 is 1.75. The largest absolute Gasteiger partial charge is 0.301 e. The second kappa shape index (κ2) is 3.07. The van der Waals surface area contributed by atoms with Crippen molar-refractivity contribution in [3.8, 4) is 0 Å². The van der Waals surface area contributed by atoms with Gasteiger partial charge in [-0.2, -0.15) is 0 Å². The Hall–Kier alpha value is -1.15. The highest BCUT2D eigenvalue weighted by molar-refractivity contribution is 7.78. The topological polar surface area (TPSA) is 3.24 Å². The van der Waals surface area contributed by atoms with Crippen LogP contribution in [0.25, 0.3) is 12.3 Å². The average molecular weight is 175 g/mol. The molecule has 0 N–H and O–H groups in total.